The van der Waals surface area contributed by atoms with E-state index in [1.165, 1.54) is 109 Å². The lowest BCUT2D eigenvalue weighted by Gasteiger charge is -2.27. The van der Waals surface area contributed by atoms with Gasteiger partial charge >= 0.3 is 29.2 Å². The van der Waals surface area contributed by atoms with Gasteiger partial charge in [-0.1, -0.05) is 6.42 Å². The van der Waals surface area contributed by atoms with Gasteiger partial charge in [0.25, 0.3) is 11.8 Å². The number of pyridine rings is 4. The highest BCUT2D eigenvalue weighted by molar-refractivity contribution is 8.05. The average Bonchev–Trinajstić information content (AvgIpc) is 3.74. The number of amidine groups is 1. The van der Waals surface area contributed by atoms with Gasteiger partial charge in [0.05, 0.1) is 52.4 Å². The van der Waals surface area contributed by atoms with Crippen molar-refractivity contribution in [3.63, 3.8) is 0 Å². The summed E-state index contributed by atoms with van der Waals surface area (Å²) in [6.45, 7) is 7.28. The molecule has 4 aromatic heterocycles. The average molecular weight is 1200 g/mol. The van der Waals surface area contributed by atoms with Gasteiger partial charge < -0.3 is 47.1 Å². The number of nitriles is 1. The molecular weight excluding hydrogens is 1140 g/mol. The van der Waals surface area contributed by atoms with Crippen molar-refractivity contribution in [3.05, 3.63) is 143 Å². The third-order valence-electron chi connectivity index (χ3n) is 10.9. The highest BCUT2D eigenvalue weighted by Gasteiger charge is 2.18. The molecule has 2 aliphatic heterocycles. The Kier molecular flexibility index (Phi) is 28.7. The molecular formula is C50H55Cl2F2N14O9PS2. The van der Waals surface area contributed by atoms with Gasteiger partial charge in [0, 0.05) is 88.7 Å². The number of aryl methyl sites for hydroxylation is 2. The molecule has 6 heterocycles. The van der Waals surface area contributed by atoms with E-state index in [1.807, 2.05) is 13.8 Å². The zero-order valence-electron chi connectivity index (χ0n) is 43.6. The number of nitrogens with two attached hydrogens (primary N) is 1. The molecule has 0 bridgehead atoms. The van der Waals surface area contributed by atoms with Crippen LogP contribution in [0.25, 0.3) is 0 Å². The number of benzene rings is 2. The number of fused-ring (bicyclic) bond motifs is 1. The van der Waals surface area contributed by atoms with Gasteiger partial charge in [-0.05, 0) is 127 Å². The maximum Gasteiger partial charge on any atom is 0.379 e. The lowest BCUT2D eigenvalue weighted by atomic mass is 10.1. The lowest BCUT2D eigenvalue weighted by molar-refractivity contribution is 0.0955. The third kappa shape index (κ3) is 23.1. The molecule has 0 atom stereocenters. The fraction of sp³-hybridized carbons (Fsp3) is 0.260. The van der Waals surface area contributed by atoms with Crippen molar-refractivity contribution >= 4 is 121 Å². The first kappa shape index (κ1) is 66.2. The van der Waals surface area contributed by atoms with Gasteiger partial charge in [0.1, 0.15) is 34.9 Å². The lowest BCUT2D eigenvalue weighted by Crippen LogP contribution is -2.34. The highest BCUT2D eigenvalue weighted by atomic mass is 35.9. The standard InChI is InChI=1S/C20H19FN6O2.C20H17FN6O.C9H16N2.CH3Cl2O2P.2O2S/c1-11-7-12(19(22)28)3-5-15(11)26-16-8-18(25-10-14(16)20(29)23-2)27-17-6-4-13(21)9-24-17;1-12-7-13(9-22)3-5-16(12)26-17-8-19(25-11-15(17)20(28)23-2)27-18-6-4-14(21)10-24-18;1-2-5-9-10-6-4-8-11(9)7-3-1;1-5-6(2,3)4;2*1-3-2/h3-10H,1-2H3,(H2,22,28)(H,23,29)(H2,24,25,26,27);3-8,10-11H,1-2H3,(H,23,28)(H2,24,25,26,27);1-8H2;1H3;;. The monoisotopic (exact) mass is 1200 g/mol. The molecule has 23 nitrogen and oxygen atoms in total. The van der Waals surface area contributed by atoms with Crippen LogP contribution in [0.15, 0.2) is 103 Å². The molecule has 2 aliphatic rings. The normalized spacial score (nSPS) is 11.9. The van der Waals surface area contributed by atoms with Crippen molar-refractivity contribution in [2.45, 2.75) is 46.0 Å². The van der Waals surface area contributed by atoms with Crippen LogP contribution in [0.1, 0.15) is 79.9 Å². The first-order chi connectivity index (χ1) is 38.2. The van der Waals surface area contributed by atoms with Crippen LogP contribution in [0.4, 0.5) is 54.8 Å². The molecule has 424 valence electrons. The molecule has 6 aromatic rings. The van der Waals surface area contributed by atoms with Gasteiger partial charge in [0.2, 0.25) is 5.91 Å². The molecule has 3 amide bonds. The second kappa shape index (κ2) is 34.7. The fourth-order valence-electron chi connectivity index (χ4n) is 7.11. The number of nitrogens with one attached hydrogen (secondary N) is 6. The summed E-state index contributed by atoms with van der Waals surface area (Å²) in [5.41, 5.74) is 11.0. The number of rotatable bonds is 12. The summed E-state index contributed by atoms with van der Waals surface area (Å²) in [4.78, 5) is 59.1. The quantitative estimate of drug-likeness (QED) is 0.0562. The summed E-state index contributed by atoms with van der Waals surface area (Å²) < 4.78 is 73.1. The van der Waals surface area contributed by atoms with Crippen LogP contribution in [-0.4, -0.2) is 106 Å². The molecule has 0 spiro atoms. The summed E-state index contributed by atoms with van der Waals surface area (Å²) >= 11 is 8.13. The third-order valence-corrected chi connectivity index (χ3v) is 12.2. The molecule has 8 N–H and O–H groups in total. The molecule has 80 heavy (non-hydrogen) atoms. The zero-order valence-corrected chi connectivity index (χ0v) is 47.6. The zero-order chi connectivity index (χ0) is 59.2. The van der Waals surface area contributed by atoms with Crippen molar-refractivity contribution < 1.29 is 49.1 Å². The van der Waals surface area contributed by atoms with Gasteiger partial charge in [0.15, 0.2) is 0 Å². The topological polar surface area (TPSA) is 335 Å². The van der Waals surface area contributed by atoms with Crippen molar-refractivity contribution in [1.29, 1.82) is 5.26 Å². The Labute approximate surface area is 476 Å². The van der Waals surface area contributed by atoms with Crippen LogP contribution in [-0.2, 0) is 32.2 Å². The van der Waals surface area contributed by atoms with E-state index in [4.69, 9.17) is 50.3 Å². The van der Waals surface area contributed by atoms with Crippen LogP contribution in [0.2, 0.25) is 0 Å². The Balaban J connectivity index is 0.000000303. The summed E-state index contributed by atoms with van der Waals surface area (Å²) in [5, 5.41) is 26.5. The molecule has 30 heteroatoms. The van der Waals surface area contributed by atoms with Gasteiger partial charge in [-0.25, -0.2) is 28.7 Å². The smallest absolute Gasteiger partial charge is 0.366 e. The van der Waals surface area contributed by atoms with Crippen molar-refractivity contribution in [1.82, 2.24) is 35.5 Å². The Morgan fingerprint density at radius 1 is 0.662 bits per heavy atom. The van der Waals surface area contributed by atoms with E-state index in [0.29, 0.717) is 62.6 Å². The Bertz CT molecular complexity index is 3250. The molecule has 8 rings (SSSR count). The van der Waals surface area contributed by atoms with Crippen LogP contribution >= 0.6 is 28.6 Å². The number of nitrogens with zero attached hydrogens (tertiary/aromatic N) is 7. The number of primary amides is 1. The predicted octanol–water partition coefficient (Wildman–Crippen LogP) is 9.06. The molecule has 0 radical (unpaired) electrons. The van der Waals surface area contributed by atoms with Crippen molar-refractivity contribution in [2.75, 3.05) is 62.1 Å². The van der Waals surface area contributed by atoms with E-state index in [0.717, 1.165) is 35.8 Å². The largest absolute Gasteiger partial charge is 0.379 e. The fourth-order valence-corrected chi connectivity index (χ4v) is 7.11. The van der Waals surface area contributed by atoms with E-state index in [1.54, 1.807) is 48.5 Å². The highest BCUT2D eigenvalue weighted by Crippen LogP contribution is 2.56. The second-order valence-electron chi connectivity index (χ2n) is 16.3. The minimum atomic E-state index is -3.20. The number of hydrogen-bond acceptors (Lipinski definition) is 20. The molecule has 1 fully saturated rings. The summed E-state index contributed by atoms with van der Waals surface area (Å²) in [5.74, 6) is 1.03. The van der Waals surface area contributed by atoms with Gasteiger partial charge in [-0.2, -0.15) is 22.1 Å². The maximum absolute atomic E-state index is 13.0. The number of aromatic nitrogens is 4. The first-order valence-electron chi connectivity index (χ1n) is 23.6. The van der Waals surface area contributed by atoms with Crippen LogP contribution in [0.3, 0.4) is 0 Å². The molecule has 2 aromatic carbocycles. The first-order valence-corrected chi connectivity index (χ1v) is 28.3. The minimum absolute atomic E-state index is 0.298. The molecule has 1 saturated heterocycles. The van der Waals surface area contributed by atoms with Gasteiger partial charge in [-0.15, -0.1) is 0 Å². The number of amides is 3. The summed E-state index contributed by atoms with van der Waals surface area (Å²) in [7, 11) is 4.24. The predicted molar refractivity (Wildman–Crippen MR) is 303 cm³/mol. The van der Waals surface area contributed by atoms with Crippen LogP contribution < -0.4 is 37.6 Å². The number of aliphatic imine (C=N–C) groups is 1. The molecule has 0 unspecified atom stereocenters. The summed E-state index contributed by atoms with van der Waals surface area (Å²) in [6, 6.07) is 21.1. The van der Waals surface area contributed by atoms with E-state index >= 15 is 0 Å². The number of carbonyl (C=O) groups is 3. The van der Waals surface area contributed by atoms with Crippen LogP contribution in [0, 0.1) is 36.8 Å². The Morgan fingerprint density at radius 3 is 1.54 bits per heavy atom. The summed E-state index contributed by atoms with van der Waals surface area (Å²) in [6.07, 6.45) is 8.47. The van der Waals surface area contributed by atoms with E-state index in [-0.39, 0.29) is 11.8 Å². The van der Waals surface area contributed by atoms with E-state index in [2.05, 4.69) is 72.3 Å². The van der Waals surface area contributed by atoms with Crippen LogP contribution in [0.5, 0.6) is 0 Å². The van der Waals surface area contributed by atoms with E-state index < -0.39 is 46.8 Å². The number of halogens is 4. The number of carbonyl (C=O) groups excluding carboxylic acids is 3. The minimum Gasteiger partial charge on any atom is -0.366 e. The SMILES string of the molecule is C1CCC2=NCCCN2CC1.CNC(=O)c1cnc(Nc2ccc(F)cn2)cc1Nc1ccc(C#N)cc1C.CNC(=O)c1cnc(Nc2ccc(F)cn2)cc1Nc1ccc(C(N)=O)cc1C.COP(=O)(Cl)Cl.O=S=O.O=S=O. The number of hydrogen-bond donors (Lipinski definition) is 7. The molecule has 0 saturated carbocycles. The Morgan fingerprint density at radius 2 is 1.12 bits per heavy atom. The van der Waals surface area contributed by atoms with Crippen molar-refractivity contribution in [3.8, 4) is 6.07 Å². The van der Waals surface area contributed by atoms with E-state index in [9.17, 15) is 27.7 Å². The molecule has 0 aliphatic carbocycles. The van der Waals surface area contributed by atoms with Gasteiger partial charge in [-0.3, -0.25) is 23.9 Å². The van der Waals surface area contributed by atoms with Crippen molar-refractivity contribution in [2.24, 2.45) is 10.7 Å². The second-order valence-corrected chi connectivity index (χ2v) is 21.0. The number of anilines is 8. The maximum atomic E-state index is 13.0. The Hall–Kier alpha value is -8.12.